The molecule has 0 bridgehead atoms. The maximum Gasteiger partial charge on any atom is 0.325 e. The van der Waals surface area contributed by atoms with Crippen molar-refractivity contribution < 1.29 is 28.7 Å². The van der Waals surface area contributed by atoms with Crippen LogP contribution >= 0.6 is 0 Å². The Morgan fingerprint density at radius 3 is 1.30 bits per heavy atom. The first kappa shape index (κ1) is 29.4. The number of hydrogen-bond acceptors (Lipinski definition) is 8. The van der Waals surface area contributed by atoms with E-state index in [4.69, 9.17) is 9.47 Å². The SMILES string of the molecule is COC(=O)[C@H]1N[C@]2(C(=O)N(Cc3ccccc3)c3ccccc32)[C@]2(N[C@H]1C(=O)OC)C(=O)N(Cc1ccccc1)c1ccccc12. The van der Waals surface area contributed by atoms with Crippen molar-refractivity contribution in [2.75, 3.05) is 24.0 Å². The Morgan fingerprint density at radius 1 is 0.587 bits per heavy atom. The molecule has 10 nitrogen and oxygen atoms in total. The number of para-hydroxylation sites is 2. The lowest BCUT2D eigenvalue weighted by molar-refractivity contribution is -0.162. The number of benzene rings is 4. The van der Waals surface area contributed by atoms with Crippen molar-refractivity contribution in [3.63, 3.8) is 0 Å². The fourth-order valence-corrected chi connectivity index (χ4v) is 7.25. The first-order valence-electron chi connectivity index (χ1n) is 15.0. The molecule has 10 heteroatoms. The first-order chi connectivity index (χ1) is 22.4. The van der Waals surface area contributed by atoms with Gasteiger partial charge in [-0.15, -0.1) is 0 Å². The Hall–Kier alpha value is -5.32. The number of amides is 2. The van der Waals surface area contributed by atoms with Gasteiger partial charge in [-0.2, -0.15) is 0 Å². The molecule has 4 aromatic rings. The molecule has 2 spiro atoms. The number of hydrogen-bond donors (Lipinski definition) is 2. The third kappa shape index (κ3) is 4.10. The zero-order valence-corrected chi connectivity index (χ0v) is 25.3. The van der Waals surface area contributed by atoms with E-state index < -0.39 is 46.9 Å². The number of ether oxygens (including phenoxy) is 2. The molecule has 0 radical (unpaired) electrons. The van der Waals surface area contributed by atoms with Crippen LogP contribution < -0.4 is 20.4 Å². The van der Waals surface area contributed by atoms with Gasteiger partial charge >= 0.3 is 11.9 Å². The molecule has 232 valence electrons. The number of piperazine rings is 1. The molecule has 7 rings (SSSR count). The normalized spacial score (nSPS) is 24.7. The molecule has 46 heavy (non-hydrogen) atoms. The van der Waals surface area contributed by atoms with Gasteiger partial charge in [0.1, 0.15) is 12.1 Å². The molecule has 1 fully saturated rings. The van der Waals surface area contributed by atoms with Crippen molar-refractivity contribution in [3.8, 4) is 0 Å². The van der Waals surface area contributed by atoms with Crippen LogP contribution in [0, 0.1) is 0 Å². The van der Waals surface area contributed by atoms with Crippen molar-refractivity contribution in [2.24, 2.45) is 0 Å². The second-order valence-corrected chi connectivity index (χ2v) is 11.6. The third-order valence-electron chi connectivity index (χ3n) is 9.25. The second kappa shape index (κ2) is 11.2. The summed E-state index contributed by atoms with van der Waals surface area (Å²) in [5.74, 6) is -2.48. The summed E-state index contributed by atoms with van der Waals surface area (Å²) in [7, 11) is 2.41. The number of rotatable bonds is 6. The maximum atomic E-state index is 15.3. The number of esters is 2. The van der Waals surface area contributed by atoms with Crippen molar-refractivity contribution >= 4 is 35.1 Å². The lowest BCUT2D eigenvalue weighted by Crippen LogP contribution is -2.83. The summed E-state index contributed by atoms with van der Waals surface area (Å²) in [6.07, 6.45) is 0. The Balaban J connectivity index is 1.50. The van der Waals surface area contributed by atoms with Gasteiger partial charge < -0.3 is 19.3 Å². The second-order valence-electron chi connectivity index (χ2n) is 11.6. The Bertz CT molecular complexity index is 1710. The van der Waals surface area contributed by atoms with Crippen LogP contribution in [0.15, 0.2) is 109 Å². The fourth-order valence-electron chi connectivity index (χ4n) is 7.25. The quantitative estimate of drug-likeness (QED) is 0.318. The van der Waals surface area contributed by atoms with Gasteiger partial charge in [0.15, 0.2) is 11.1 Å². The molecule has 2 amide bonds. The van der Waals surface area contributed by atoms with Gasteiger partial charge in [-0.25, -0.2) is 0 Å². The molecule has 0 aliphatic carbocycles. The van der Waals surface area contributed by atoms with Crippen LogP contribution in [0.3, 0.4) is 0 Å². The summed E-state index contributed by atoms with van der Waals surface area (Å²) in [6, 6.07) is 30.8. The van der Waals surface area contributed by atoms with Crippen LogP contribution in [0.5, 0.6) is 0 Å². The van der Waals surface area contributed by atoms with Gasteiger partial charge in [-0.1, -0.05) is 97.1 Å². The van der Waals surface area contributed by atoms with E-state index in [1.54, 1.807) is 34.1 Å². The van der Waals surface area contributed by atoms with E-state index >= 15 is 9.59 Å². The van der Waals surface area contributed by atoms with Gasteiger partial charge in [0, 0.05) is 22.5 Å². The van der Waals surface area contributed by atoms with Gasteiger partial charge in [-0.05, 0) is 23.3 Å². The predicted molar refractivity (Wildman–Crippen MR) is 169 cm³/mol. The maximum absolute atomic E-state index is 15.3. The summed E-state index contributed by atoms with van der Waals surface area (Å²) in [5, 5.41) is 6.56. The van der Waals surface area contributed by atoms with Gasteiger partial charge in [0.05, 0.1) is 27.3 Å². The van der Waals surface area contributed by atoms with Crippen LogP contribution in [-0.2, 0) is 52.8 Å². The molecule has 2 N–H and O–H groups in total. The Kier molecular flexibility index (Phi) is 7.18. The zero-order valence-electron chi connectivity index (χ0n) is 25.3. The smallest absolute Gasteiger partial charge is 0.325 e. The minimum atomic E-state index is -1.87. The number of nitrogens with zero attached hydrogens (tertiary/aromatic N) is 2. The van der Waals surface area contributed by atoms with E-state index in [0.29, 0.717) is 22.5 Å². The van der Waals surface area contributed by atoms with Gasteiger partial charge in [0.2, 0.25) is 0 Å². The van der Waals surface area contributed by atoms with Crippen molar-refractivity contribution in [1.29, 1.82) is 0 Å². The molecule has 3 aliphatic rings. The van der Waals surface area contributed by atoms with Crippen LogP contribution in [0.2, 0.25) is 0 Å². The molecule has 3 heterocycles. The average Bonchev–Trinajstić information content (AvgIpc) is 3.47. The largest absolute Gasteiger partial charge is 0.468 e. The molecular formula is C36H32N4O6. The van der Waals surface area contributed by atoms with Crippen LogP contribution in [0.25, 0.3) is 0 Å². The van der Waals surface area contributed by atoms with E-state index in [9.17, 15) is 9.59 Å². The Labute approximate surface area is 265 Å². The van der Waals surface area contributed by atoms with Crippen LogP contribution in [0.4, 0.5) is 11.4 Å². The highest BCUT2D eigenvalue weighted by molar-refractivity contribution is 6.19. The first-order valence-corrected chi connectivity index (χ1v) is 15.0. The number of methoxy groups -OCH3 is 2. The molecular weight excluding hydrogens is 584 g/mol. The minimum absolute atomic E-state index is 0.211. The lowest BCUT2D eigenvalue weighted by Gasteiger charge is -2.52. The van der Waals surface area contributed by atoms with E-state index in [0.717, 1.165) is 11.1 Å². The summed E-state index contributed by atoms with van der Waals surface area (Å²) in [6.45, 7) is 0.423. The van der Waals surface area contributed by atoms with Crippen molar-refractivity contribution in [1.82, 2.24) is 10.6 Å². The highest BCUT2D eigenvalue weighted by Gasteiger charge is 2.75. The molecule has 0 saturated carbocycles. The van der Waals surface area contributed by atoms with Crippen molar-refractivity contribution in [2.45, 2.75) is 36.3 Å². The fraction of sp³-hybridized carbons (Fsp3) is 0.222. The van der Waals surface area contributed by atoms with Crippen molar-refractivity contribution in [3.05, 3.63) is 131 Å². The van der Waals surface area contributed by atoms with Gasteiger partial charge in [-0.3, -0.25) is 29.8 Å². The predicted octanol–water partition coefficient (Wildman–Crippen LogP) is 3.15. The summed E-state index contributed by atoms with van der Waals surface area (Å²) in [5.41, 5.74) is 0.146. The van der Waals surface area contributed by atoms with Crippen LogP contribution in [-0.4, -0.2) is 50.1 Å². The highest BCUT2D eigenvalue weighted by atomic mass is 16.5. The number of carbonyl (C=O) groups excluding carboxylic acids is 4. The molecule has 1 saturated heterocycles. The van der Waals surface area contributed by atoms with E-state index in [1.807, 2.05) is 84.9 Å². The lowest BCUT2D eigenvalue weighted by atomic mass is 9.66. The summed E-state index contributed by atoms with van der Waals surface area (Å²) in [4.78, 5) is 60.7. The number of anilines is 2. The highest BCUT2D eigenvalue weighted by Crippen LogP contribution is 2.58. The summed E-state index contributed by atoms with van der Waals surface area (Å²) < 4.78 is 10.3. The van der Waals surface area contributed by atoms with Crippen LogP contribution in [0.1, 0.15) is 22.3 Å². The number of fused-ring (bicyclic) bond motifs is 5. The van der Waals surface area contributed by atoms with E-state index in [1.165, 1.54) is 14.2 Å². The zero-order chi connectivity index (χ0) is 32.1. The average molecular weight is 617 g/mol. The molecule has 0 unspecified atom stereocenters. The van der Waals surface area contributed by atoms with E-state index in [-0.39, 0.29) is 13.1 Å². The molecule has 0 aromatic heterocycles. The summed E-state index contributed by atoms with van der Waals surface area (Å²) >= 11 is 0. The monoisotopic (exact) mass is 616 g/mol. The molecule has 4 aromatic carbocycles. The third-order valence-corrected chi connectivity index (χ3v) is 9.25. The number of carbonyl (C=O) groups is 4. The molecule has 3 aliphatic heterocycles. The topological polar surface area (TPSA) is 117 Å². The molecule has 4 atom stereocenters. The van der Waals surface area contributed by atoms with E-state index in [2.05, 4.69) is 10.6 Å². The minimum Gasteiger partial charge on any atom is -0.468 e. The number of nitrogens with one attached hydrogen (secondary N) is 2. The van der Waals surface area contributed by atoms with Gasteiger partial charge in [0.25, 0.3) is 11.8 Å². The standard InChI is InChI=1S/C36H32N4O6/c1-45-31(41)29-30(32(42)46-2)38-36(26-18-10-12-20-28(26)40(34(36)44)22-24-15-7-4-8-16-24)35(37-29)25-17-9-11-19-27(25)39(33(35)43)21-23-13-5-3-6-14-23/h3-20,29-30,37-38H,21-22H2,1-2H3/t29-,30+,35-,36-/m1/s1. The Morgan fingerprint density at radius 2 is 0.935 bits per heavy atom.